The molecule has 0 unspecified atom stereocenters. The summed E-state index contributed by atoms with van der Waals surface area (Å²) in [7, 11) is 0. The predicted molar refractivity (Wildman–Crippen MR) is 85.8 cm³/mol. The average molecular weight is 405 g/mol. The normalized spacial score (nSPS) is 12.3. The number of carboxylic acid groups (broad SMARTS) is 1. The van der Waals surface area contributed by atoms with Gasteiger partial charge in [0.15, 0.2) is 0 Å². The van der Waals surface area contributed by atoms with Gasteiger partial charge < -0.3 is 15.0 Å². The second-order valence-electron chi connectivity index (χ2n) is 5.89. The van der Waals surface area contributed by atoms with Gasteiger partial charge in [-0.2, -0.15) is 0 Å². The van der Waals surface area contributed by atoms with Crippen LogP contribution in [0.3, 0.4) is 0 Å². The molecule has 0 radical (unpaired) electrons. The van der Waals surface area contributed by atoms with Crippen LogP contribution in [-0.2, 0) is 27.2 Å². The number of allylic oxidation sites excluding steroid dienone is 1. The molecule has 0 aliphatic rings. The Bertz CT molecular complexity index is 267. The van der Waals surface area contributed by atoms with E-state index in [1.807, 2.05) is 0 Å². The summed E-state index contributed by atoms with van der Waals surface area (Å²) in [6.07, 6.45) is 17.0. The largest absolute Gasteiger partial charge is 1.00 e. The number of carbonyl (C=O) groups is 1. The van der Waals surface area contributed by atoms with Crippen LogP contribution in [0.1, 0.15) is 90.4 Å². The van der Waals surface area contributed by atoms with Crippen LogP contribution in [0.4, 0.5) is 0 Å². The van der Waals surface area contributed by atoms with Crippen molar-refractivity contribution in [3.8, 4) is 0 Å². The van der Waals surface area contributed by atoms with Gasteiger partial charge in [-0.1, -0.05) is 64.0 Å². The van der Waals surface area contributed by atoms with Crippen LogP contribution in [0.5, 0.6) is 0 Å². The summed E-state index contributed by atoms with van der Waals surface area (Å²) in [6, 6.07) is 0. The van der Waals surface area contributed by atoms with E-state index < -0.39 is 5.97 Å². The zero-order valence-corrected chi connectivity index (χ0v) is 15.5. The van der Waals surface area contributed by atoms with Gasteiger partial charge in [-0.15, -0.1) is 0 Å². The summed E-state index contributed by atoms with van der Waals surface area (Å²) >= 11 is 0. The van der Waals surface area contributed by atoms with Crippen molar-refractivity contribution >= 4 is 5.97 Å². The second kappa shape index (κ2) is 19.0. The number of aliphatic hydroxyl groups excluding tert-OH is 1. The molecule has 22 heavy (non-hydrogen) atoms. The van der Waals surface area contributed by atoms with Crippen molar-refractivity contribution in [1.29, 1.82) is 0 Å². The summed E-state index contributed by atoms with van der Waals surface area (Å²) in [6.45, 7) is 2.20. The van der Waals surface area contributed by atoms with E-state index in [4.69, 9.17) is 0 Å². The van der Waals surface area contributed by atoms with E-state index in [0.29, 0.717) is 0 Å². The van der Waals surface area contributed by atoms with Crippen molar-refractivity contribution < 1.29 is 37.4 Å². The fraction of sp³-hybridized carbons (Fsp3) is 0.833. The number of aliphatic carboxylic acids is 1. The van der Waals surface area contributed by atoms with Crippen molar-refractivity contribution in [1.82, 2.24) is 0 Å². The molecule has 0 fully saturated rings. The van der Waals surface area contributed by atoms with Gasteiger partial charge in [0, 0.05) is 5.97 Å². The summed E-state index contributed by atoms with van der Waals surface area (Å²) < 4.78 is 0. The Balaban J connectivity index is 0. The first-order valence-corrected chi connectivity index (χ1v) is 8.69. The third kappa shape index (κ3) is 19.9. The maximum Gasteiger partial charge on any atom is 1.00 e. The van der Waals surface area contributed by atoms with Crippen LogP contribution in [-0.4, -0.2) is 17.2 Å². The monoisotopic (exact) mass is 404 g/mol. The fourth-order valence-electron chi connectivity index (χ4n) is 2.36. The molecule has 0 spiro atoms. The molecule has 4 heteroatoms. The fourth-order valence-corrected chi connectivity index (χ4v) is 2.36. The van der Waals surface area contributed by atoms with Crippen molar-refractivity contribution in [2.24, 2.45) is 0 Å². The van der Waals surface area contributed by atoms with Crippen molar-refractivity contribution in [3.05, 3.63) is 12.2 Å². The Morgan fingerprint density at radius 1 is 1.00 bits per heavy atom. The van der Waals surface area contributed by atoms with Gasteiger partial charge in [0.25, 0.3) is 0 Å². The first kappa shape index (κ1) is 24.2. The smallest absolute Gasteiger partial charge is 0.550 e. The van der Waals surface area contributed by atoms with Gasteiger partial charge in [-0.3, -0.25) is 0 Å². The van der Waals surface area contributed by atoms with Crippen LogP contribution in [0.25, 0.3) is 0 Å². The van der Waals surface area contributed by atoms with Crippen molar-refractivity contribution in [3.63, 3.8) is 0 Å². The number of carbonyl (C=O) groups excluding carboxylic acids is 1. The Hall–Kier alpha value is -0.0897. The molecular weight excluding hydrogens is 372 g/mol. The minimum absolute atomic E-state index is 0. The van der Waals surface area contributed by atoms with Gasteiger partial charge in [-0.25, -0.2) is 0 Å². The van der Waals surface area contributed by atoms with Gasteiger partial charge >= 0.3 is 22.4 Å². The third-order valence-corrected chi connectivity index (χ3v) is 3.72. The molecule has 0 bridgehead atoms. The number of aliphatic hydroxyl groups is 1. The van der Waals surface area contributed by atoms with E-state index in [-0.39, 0.29) is 34.9 Å². The second-order valence-corrected chi connectivity index (χ2v) is 5.89. The number of hydrogen-bond donors (Lipinski definition) is 1. The van der Waals surface area contributed by atoms with Crippen molar-refractivity contribution in [2.45, 2.75) is 96.5 Å². The Morgan fingerprint density at radius 3 is 2.32 bits per heavy atom. The van der Waals surface area contributed by atoms with Crippen LogP contribution in [0.2, 0.25) is 0 Å². The molecule has 0 aliphatic carbocycles. The predicted octanol–water partition coefficient (Wildman–Crippen LogP) is 3.74. The summed E-state index contributed by atoms with van der Waals surface area (Å²) in [5, 5.41) is 20.0. The molecule has 0 amide bonds. The first-order valence-electron chi connectivity index (χ1n) is 8.69. The zero-order chi connectivity index (χ0) is 15.8. The molecule has 0 saturated heterocycles. The van der Waals surface area contributed by atoms with Gasteiger partial charge in [0.1, 0.15) is 0 Å². The first-order chi connectivity index (χ1) is 10.2. The molecule has 0 saturated carbocycles. The topological polar surface area (TPSA) is 60.4 Å². The molecule has 1 atom stereocenters. The van der Waals surface area contributed by atoms with E-state index in [1.54, 1.807) is 0 Å². The summed E-state index contributed by atoms with van der Waals surface area (Å²) in [5.74, 6) is -0.939. The van der Waals surface area contributed by atoms with Crippen LogP contribution >= 0.6 is 0 Å². The molecule has 1 N–H and O–H groups in total. The Labute approximate surface area is 152 Å². The van der Waals surface area contributed by atoms with E-state index in [1.165, 1.54) is 19.3 Å². The molecule has 0 aromatic carbocycles. The molecule has 0 heterocycles. The van der Waals surface area contributed by atoms with E-state index in [0.717, 1.165) is 57.8 Å². The van der Waals surface area contributed by atoms with Gasteiger partial charge in [0.05, 0.1) is 6.10 Å². The molecule has 0 aromatic rings. The molecule has 0 rings (SSSR count). The number of carboxylic acids is 1. The van der Waals surface area contributed by atoms with E-state index in [9.17, 15) is 15.0 Å². The number of unbranched alkanes of at least 4 members (excludes halogenated alkanes) is 8. The third-order valence-electron chi connectivity index (χ3n) is 3.72. The average Bonchev–Trinajstić information content (AvgIpc) is 2.45. The quantitative estimate of drug-likeness (QED) is 0.257. The number of rotatable bonds is 15. The van der Waals surface area contributed by atoms with Crippen LogP contribution in [0.15, 0.2) is 12.2 Å². The maximum absolute atomic E-state index is 10.2. The minimum Gasteiger partial charge on any atom is -0.550 e. The Kier molecular flexibility index (Phi) is 20.8. The molecule has 134 valence electrons. The molecule has 0 aromatic heterocycles. The number of hydrogen-bond acceptors (Lipinski definition) is 3. The van der Waals surface area contributed by atoms with E-state index in [2.05, 4.69) is 19.1 Å². The Morgan fingerprint density at radius 2 is 1.64 bits per heavy atom. The van der Waals surface area contributed by atoms with Gasteiger partial charge in [-0.05, 0) is 38.5 Å². The van der Waals surface area contributed by atoms with E-state index >= 15 is 0 Å². The van der Waals surface area contributed by atoms with Crippen LogP contribution < -0.4 is 5.11 Å². The standard InChI is InChI=1S/C18H34O3.Ag/c1-2-3-4-11-14-17(19)15-12-9-7-5-6-8-10-13-16-18(20)21;/h9,12,17,19H,2-8,10-11,13-16H2,1H3,(H,20,21);/q;+1/p-1/b12-9-;/t17-;/m1./s1. The molecule has 3 nitrogen and oxygen atoms in total. The van der Waals surface area contributed by atoms with Crippen LogP contribution in [0, 0.1) is 0 Å². The minimum atomic E-state index is -0.939. The zero-order valence-electron chi connectivity index (χ0n) is 14.0. The summed E-state index contributed by atoms with van der Waals surface area (Å²) in [5.41, 5.74) is 0. The molecular formula is C18H33AgO3. The summed E-state index contributed by atoms with van der Waals surface area (Å²) in [4.78, 5) is 10.2. The SMILES string of the molecule is CCCCCC[C@@H](O)C/C=C\CCCCCCCC(=O)[O-].[Ag+]. The molecule has 0 aliphatic heterocycles. The maximum atomic E-state index is 10.2. The van der Waals surface area contributed by atoms with Crippen molar-refractivity contribution in [2.75, 3.05) is 0 Å². The van der Waals surface area contributed by atoms with Gasteiger partial charge in [0.2, 0.25) is 0 Å².